The lowest BCUT2D eigenvalue weighted by Crippen LogP contribution is -2.24. The predicted octanol–water partition coefficient (Wildman–Crippen LogP) is 1.66. The van der Waals surface area contributed by atoms with Gasteiger partial charge in [0.1, 0.15) is 12.4 Å². The van der Waals surface area contributed by atoms with Crippen molar-refractivity contribution in [1.29, 1.82) is 0 Å². The lowest BCUT2D eigenvalue weighted by Gasteiger charge is -2.03. The molecule has 1 aromatic carbocycles. The van der Waals surface area contributed by atoms with Crippen LogP contribution in [0.2, 0.25) is 0 Å². The summed E-state index contributed by atoms with van der Waals surface area (Å²) in [4.78, 5) is 14.0. The van der Waals surface area contributed by atoms with E-state index in [-0.39, 0.29) is 23.7 Å². The molecule has 0 atom stereocenters. The smallest absolute Gasteiger partial charge is 0.269 e. The number of nitro groups is 1. The molecule has 0 aliphatic rings. The minimum absolute atomic E-state index is 0.0677. The van der Waals surface area contributed by atoms with Crippen LogP contribution >= 0.6 is 0 Å². The number of nitrogens with zero attached hydrogens (tertiary/aromatic N) is 2. The van der Waals surface area contributed by atoms with Gasteiger partial charge in [-0.2, -0.15) is 4.72 Å². The van der Waals surface area contributed by atoms with Crippen LogP contribution in [0.15, 0.2) is 47.5 Å². The van der Waals surface area contributed by atoms with Gasteiger partial charge in [0.25, 0.3) is 5.69 Å². The maximum Gasteiger partial charge on any atom is 0.269 e. The molecule has 0 aliphatic carbocycles. The number of pyridine rings is 1. The normalized spacial score (nSPS) is 10.6. The molecule has 25 heavy (non-hydrogen) atoms. The number of sulfonamides is 1. The Morgan fingerprint density at radius 2 is 1.92 bits per heavy atom. The second kappa shape index (κ2) is 8.23. The Kier molecular flexibility index (Phi) is 6.05. The van der Waals surface area contributed by atoms with Crippen molar-refractivity contribution in [3.63, 3.8) is 0 Å². The van der Waals surface area contributed by atoms with Gasteiger partial charge in [-0.3, -0.25) is 15.1 Å². The van der Waals surface area contributed by atoms with E-state index < -0.39 is 14.9 Å². The van der Waals surface area contributed by atoms with Crippen LogP contribution in [0.4, 0.5) is 5.69 Å². The Balaban J connectivity index is 1.84. The van der Waals surface area contributed by atoms with E-state index in [1.165, 1.54) is 12.1 Å². The van der Waals surface area contributed by atoms with Crippen LogP contribution in [0.3, 0.4) is 0 Å². The van der Waals surface area contributed by atoms with Crippen LogP contribution < -0.4 is 9.46 Å². The van der Waals surface area contributed by atoms with Gasteiger partial charge in [-0.25, -0.2) is 8.42 Å². The van der Waals surface area contributed by atoms with Crippen molar-refractivity contribution in [3.8, 4) is 17.6 Å². The highest BCUT2D eigenvalue weighted by molar-refractivity contribution is 7.89. The molecule has 8 nitrogen and oxygen atoms in total. The van der Waals surface area contributed by atoms with Crippen molar-refractivity contribution in [2.75, 3.05) is 13.2 Å². The zero-order valence-corrected chi connectivity index (χ0v) is 14.1. The molecule has 0 fully saturated rings. The van der Waals surface area contributed by atoms with Gasteiger partial charge in [0.15, 0.2) is 0 Å². The van der Waals surface area contributed by atoms with Crippen LogP contribution in [0.1, 0.15) is 5.69 Å². The summed E-state index contributed by atoms with van der Waals surface area (Å²) >= 11 is 0. The summed E-state index contributed by atoms with van der Waals surface area (Å²) in [6.07, 6.45) is 1.58. The van der Waals surface area contributed by atoms with Crippen molar-refractivity contribution in [3.05, 3.63) is 58.4 Å². The second-order valence-corrected chi connectivity index (χ2v) is 6.62. The van der Waals surface area contributed by atoms with E-state index in [0.717, 1.165) is 17.8 Å². The Hall–Kier alpha value is -2.96. The van der Waals surface area contributed by atoms with Gasteiger partial charge in [0, 0.05) is 17.8 Å². The second-order valence-electron chi connectivity index (χ2n) is 4.85. The molecule has 2 rings (SSSR count). The van der Waals surface area contributed by atoms with Gasteiger partial charge >= 0.3 is 0 Å². The van der Waals surface area contributed by atoms with Crippen LogP contribution in [0.25, 0.3) is 0 Å². The average Bonchev–Trinajstić information content (AvgIpc) is 2.59. The molecule has 130 valence electrons. The molecule has 0 saturated heterocycles. The first-order valence-electron chi connectivity index (χ1n) is 7.14. The number of hydrogen-bond donors (Lipinski definition) is 1. The number of ether oxygens (including phenoxy) is 1. The monoisotopic (exact) mass is 361 g/mol. The maximum atomic E-state index is 12.0. The van der Waals surface area contributed by atoms with Gasteiger partial charge in [-0.05, 0) is 31.2 Å². The number of nitrogens with one attached hydrogen (secondary N) is 1. The van der Waals surface area contributed by atoms with Gasteiger partial charge in [0.05, 0.1) is 22.6 Å². The summed E-state index contributed by atoms with van der Waals surface area (Å²) in [6, 6.07) is 8.17. The fraction of sp³-hybridized carbons (Fsp3) is 0.188. The van der Waals surface area contributed by atoms with Crippen LogP contribution in [0, 0.1) is 28.9 Å². The van der Waals surface area contributed by atoms with Crippen LogP contribution in [0.5, 0.6) is 5.75 Å². The minimum atomic E-state index is -3.77. The quantitative estimate of drug-likeness (QED) is 0.476. The van der Waals surface area contributed by atoms with Gasteiger partial charge in [-0.15, -0.1) is 0 Å². The van der Waals surface area contributed by atoms with E-state index >= 15 is 0 Å². The third-order valence-electron chi connectivity index (χ3n) is 3.03. The van der Waals surface area contributed by atoms with E-state index in [1.807, 2.05) is 6.92 Å². The Labute approximate surface area is 145 Å². The maximum absolute atomic E-state index is 12.0. The summed E-state index contributed by atoms with van der Waals surface area (Å²) in [7, 11) is -3.77. The fourth-order valence-corrected chi connectivity index (χ4v) is 2.66. The molecule has 0 amide bonds. The van der Waals surface area contributed by atoms with E-state index in [1.54, 1.807) is 18.3 Å². The lowest BCUT2D eigenvalue weighted by molar-refractivity contribution is -0.384. The first kappa shape index (κ1) is 18.4. The summed E-state index contributed by atoms with van der Waals surface area (Å²) in [6.45, 7) is 1.86. The molecule has 0 spiro atoms. The van der Waals surface area contributed by atoms with Gasteiger partial charge in [0.2, 0.25) is 10.0 Å². The molecule has 2 aromatic rings. The molecule has 1 N–H and O–H groups in total. The number of non-ortho nitro benzene ring substituents is 1. The standard InChI is InChI=1S/C16H15N3O5S/c1-13-4-7-15(12-17-13)24-11-3-2-10-18-25(22,23)16-8-5-14(6-9-16)19(20)21/h4-9,12,18H,10-11H2,1H3. The van der Waals surface area contributed by atoms with Crippen molar-refractivity contribution in [1.82, 2.24) is 9.71 Å². The topological polar surface area (TPSA) is 111 Å². The Morgan fingerprint density at radius 3 is 2.52 bits per heavy atom. The van der Waals surface area contributed by atoms with Crippen molar-refractivity contribution in [2.45, 2.75) is 11.8 Å². The highest BCUT2D eigenvalue weighted by Crippen LogP contribution is 2.15. The number of aryl methyl sites for hydroxylation is 1. The predicted molar refractivity (Wildman–Crippen MR) is 90.5 cm³/mol. The van der Waals surface area contributed by atoms with Crippen LogP contribution in [-0.2, 0) is 10.0 Å². The minimum Gasteiger partial charge on any atom is -0.479 e. The zero-order valence-electron chi connectivity index (χ0n) is 13.3. The summed E-state index contributed by atoms with van der Waals surface area (Å²) < 4.78 is 31.6. The van der Waals surface area contributed by atoms with Crippen molar-refractivity contribution in [2.24, 2.45) is 0 Å². The average molecular weight is 361 g/mol. The zero-order chi connectivity index (χ0) is 18.3. The molecule has 0 bridgehead atoms. The molecule has 0 aliphatic heterocycles. The Bertz CT molecular complexity index is 898. The first-order chi connectivity index (χ1) is 11.9. The number of aromatic nitrogens is 1. The first-order valence-corrected chi connectivity index (χ1v) is 8.62. The van der Waals surface area contributed by atoms with E-state index in [2.05, 4.69) is 21.5 Å². The van der Waals surface area contributed by atoms with Crippen LogP contribution in [-0.4, -0.2) is 31.5 Å². The third-order valence-corrected chi connectivity index (χ3v) is 4.45. The van der Waals surface area contributed by atoms with Crippen molar-refractivity contribution < 1.29 is 18.1 Å². The fourth-order valence-electron chi connectivity index (χ4n) is 1.73. The summed E-state index contributed by atoms with van der Waals surface area (Å²) in [5.74, 6) is 5.88. The molecule has 0 radical (unpaired) electrons. The number of rotatable bonds is 6. The number of benzene rings is 1. The summed E-state index contributed by atoms with van der Waals surface area (Å²) in [5.41, 5.74) is 0.695. The third kappa shape index (κ3) is 5.56. The van der Waals surface area contributed by atoms with E-state index in [9.17, 15) is 18.5 Å². The molecule has 0 unspecified atom stereocenters. The number of hydrogen-bond acceptors (Lipinski definition) is 6. The number of nitro benzene ring substituents is 1. The molecule has 1 aromatic heterocycles. The Morgan fingerprint density at radius 1 is 1.20 bits per heavy atom. The van der Waals surface area contributed by atoms with E-state index in [4.69, 9.17) is 4.74 Å². The summed E-state index contributed by atoms with van der Waals surface area (Å²) in [5, 5.41) is 10.6. The molecular weight excluding hydrogens is 346 g/mol. The SMILES string of the molecule is Cc1ccc(OCC#CCNS(=O)(=O)c2ccc([N+](=O)[O-])cc2)cn1. The molecule has 1 heterocycles. The van der Waals surface area contributed by atoms with E-state index in [0.29, 0.717) is 5.75 Å². The van der Waals surface area contributed by atoms with Crippen molar-refractivity contribution >= 4 is 15.7 Å². The molecule has 9 heteroatoms. The van der Waals surface area contributed by atoms with Gasteiger partial charge in [-0.1, -0.05) is 11.8 Å². The van der Waals surface area contributed by atoms with Gasteiger partial charge < -0.3 is 4.74 Å². The highest BCUT2D eigenvalue weighted by atomic mass is 32.2. The highest BCUT2D eigenvalue weighted by Gasteiger charge is 2.14. The lowest BCUT2D eigenvalue weighted by atomic mass is 10.3. The molecule has 0 saturated carbocycles. The largest absolute Gasteiger partial charge is 0.479 e. The molecular formula is C16H15N3O5S.